The van der Waals surface area contributed by atoms with Crippen LogP contribution >= 0.6 is 0 Å². The minimum absolute atomic E-state index is 0.0146. The highest BCUT2D eigenvalue weighted by Crippen LogP contribution is 2.25. The number of rotatable bonds is 1. The number of carbonyl (C=O) groups excluding carboxylic acids is 3. The number of esters is 1. The number of allylic oxidation sites excluding steroid dienone is 2. The van der Waals surface area contributed by atoms with Crippen LogP contribution in [-0.4, -0.2) is 75.3 Å². The SMILES string of the molecule is CC1=C[C@@H](O)C[C@H](O)Cc2nc(co2)C(=O)N2CCC[C@@H]2C(=O)OC(C(C)C)[C@H](C)/C=C/C(=O)NCC=C1. The largest absolute Gasteiger partial charge is 0.460 e. The number of carbonyl (C=O) groups is 3. The first kappa shape index (κ1) is 29.3. The molecule has 1 saturated heterocycles. The number of nitrogens with one attached hydrogen (secondary N) is 1. The highest BCUT2D eigenvalue weighted by Gasteiger charge is 2.38. The summed E-state index contributed by atoms with van der Waals surface area (Å²) in [7, 11) is 0. The summed E-state index contributed by atoms with van der Waals surface area (Å²) in [6.45, 7) is 8.25. The number of cyclic esters (lactones) is 1. The number of fused-ring (bicyclic) bond motifs is 3. The molecule has 2 aliphatic rings. The Balaban J connectivity index is 1.85. The maximum Gasteiger partial charge on any atom is 0.329 e. The fraction of sp³-hybridized carbons (Fsp3) is 0.571. The van der Waals surface area contributed by atoms with E-state index < -0.39 is 36.2 Å². The highest BCUT2D eigenvalue weighted by atomic mass is 16.5. The maximum atomic E-state index is 13.2. The summed E-state index contributed by atoms with van der Waals surface area (Å²) in [5.41, 5.74) is 0.821. The lowest BCUT2D eigenvalue weighted by Crippen LogP contribution is -2.44. The molecule has 2 amide bonds. The van der Waals surface area contributed by atoms with Crippen LogP contribution in [0.5, 0.6) is 0 Å². The Hall–Kier alpha value is -3.24. The van der Waals surface area contributed by atoms with Gasteiger partial charge in [-0.2, -0.15) is 0 Å². The summed E-state index contributed by atoms with van der Waals surface area (Å²) in [6, 6.07) is -0.743. The summed E-state index contributed by atoms with van der Waals surface area (Å²) in [5, 5.41) is 23.5. The van der Waals surface area contributed by atoms with Crippen molar-refractivity contribution in [3.8, 4) is 0 Å². The molecule has 3 heterocycles. The molecule has 2 aliphatic heterocycles. The van der Waals surface area contributed by atoms with Gasteiger partial charge < -0.3 is 29.6 Å². The summed E-state index contributed by atoms with van der Waals surface area (Å²) in [4.78, 5) is 44.3. The molecule has 10 nitrogen and oxygen atoms in total. The topological polar surface area (TPSA) is 142 Å². The molecule has 208 valence electrons. The third kappa shape index (κ3) is 8.13. The lowest BCUT2D eigenvalue weighted by molar-refractivity contribution is -0.158. The van der Waals surface area contributed by atoms with Gasteiger partial charge in [0, 0.05) is 25.4 Å². The van der Waals surface area contributed by atoms with Crippen LogP contribution in [0.25, 0.3) is 0 Å². The molecule has 1 fully saturated rings. The fourth-order valence-corrected chi connectivity index (χ4v) is 4.77. The zero-order valence-corrected chi connectivity index (χ0v) is 22.5. The molecule has 3 rings (SSSR count). The Bertz CT molecular complexity index is 1070. The van der Waals surface area contributed by atoms with Crippen LogP contribution < -0.4 is 5.32 Å². The van der Waals surface area contributed by atoms with E-state index in [1.807, 2.05) is 27.7 Å². The first-order valence-electron chi connectivity index (χ1n) is 13.2. The molecule has 10 heteroatoms. The van der Waals surface area contributed by atoms with Gasteiger partial charge in [0.05, 0.1) is 18.6 Å². The number of ether oxygens (including phenoxy) is 1. The van der Waals surface area contributed by atoms with Gasteiger partial charge in [0.15, 0.2) is 11.6 Å². The molecule has 38 heavy (non-hydrogen) atoms. The lowest BCUT2D eigenvalue weighted by Gasteiger charge is -2.29. The summed E-state index contributed by atoms with van der Waals surface area (Å²) in [6.07, 6.45) is 8.37. The molecule has 0 radical (unpaired) electrons. The molecule has 5 atom stereocenters. The Morgan fingerprint density at radius 2 is 1.95 bits per heavy atom. The quantitative estimate of drug-likeness (QED) is 0.471. The summed E-state index contributed by atoms with van der Waals surface area (Å²) < 4.78 is 11.3. The second kappa shape index (κ2) is 13.5. The fourth-order valence-electron chi connectivity index (χ4n) is 4.77. The van der Waals surface area contributed by atoms with E-state index in [1.165, 1.54) is 17.2 Å². The molecule has 1 unspecified atom stereocenters. The zero-order chi connectivity index (χ0) is 27.8. The van der Waals surface area contributed by atoms with Crippen LogP contribution in [-0.2, 0) is 20.7 Å². The van der Waals surface area contributed by atoms with E-state index in [9.17, 15) is 24.6 Å². The number of oxazole rings is 1. The van der Waals surface area contributed by atoms with E-state index in [0.29, 0.717) is 25.9 Å². The van der Waals surface area contributed by atoms with Crippen LogP contribution in [0.2, 0.25) is 0 Å². The smallest absolute Gasteiger partial charge is 0.329 e. The summed E-state index contributed by atoms with van der Waals surface area (Å²) in [5.74, 6) is -1.29. The molecular formula is C28H39N3O7. The van der Waals surface area contributed by atoms with Gasteiger partial charge in [-0.15, -0.1) is 0 Å². The number of hydrogen-bond acceptors (Lipinski definition) is 8. The zero-order valence-electron chi connectivity index (χ0n) is 22.5. The number of aromatic nitrogens is 1. The van der Waals surface area contributed by atoms with Gasteiger partial charge in [0.1, 0.15) is 18.4 Å². The van der Waals surface area contributed by atoms with Crippen molar-refractivity contribution in [1.82, 2.24) is 15.2 Å². The first-order chi connectivity index (χ1) is 18.0. The lowest BCUT2D eigenvalue weighted by atomic mass is 9.94. The number of aliphatic hydroxyl groups is 2. The van der Waals surface area contributed by atoms with Crippen molar-refractivity contribution in [2.45, 2.75) is 77.7 Å². The number of aliphatic hydroxyl groups excluding tert-OH is 2. The molecule has 0 aliphatic carbocycles. The standard InChI is InChI=1S/C28H39N3O7/c1-17(2)26-19(4)9-10-24(34)29-11-5-7-18(3)13-20(32)14-21(33)15-25-30-22(16-37-25)27(35)31-12-6-8-23(31)28(36)38-26/h5,7,9-10,13,16-17,19-21,23,26,32-33H,6,8,11-12,14-15H2,1-4H3,(H,29,34)/b7-5?,10-9+,18-13?/t19-,20-,21+,23-,26?/m1/s1. The number of nitrogens with zero attached hydrogens (tertiary/aromatic N) is 2. The second-order valence-electron chi connectivity index (χ2n) is 10.4. The van der Waals surface area contributed by atoms with Crippen molar-refractivity contribution in [1.29, 1.82) is 0 Å². The van der Waals surface area contributed by atoms with Gasteiger partial charge >= 0.3 is 5.97 Å². The molecule has 1 aromatic rings. The third-order valence-electron chi connectivity index (χ3n) is 6.69. The minimum Gasteiger partial charge on any atom is -0.460 e. The Morgan fingerprint density at radius 1 is 1.18 bits per heavy atom. The molecule has 1 aromatic heterocycles. The van der Waals surface area contributed by atoms with Crippen molar-refractivity contribution >= 4 is 17.8 Å². The van der Waals surface area contributed by atoms with Crippen LogP contribution in [0, 0.1) is 11.8 Å². The van der Waals surface area contributed by atoms with Crippen LogP contribution in [0.15, 0.2) is 46.6 Å². The first-order valence-corrected chi connectivity index (χ1v) is 13.2. The molecule has 3 N–H and O–H groups in total. The van der Waals surface area contributed by atoms with E-state index in [2.05, 4.69) is 10.3 Å². The van der Waals surface area contributed by atoms with E-state index in [-0.39, 0.29) is 42.2 Å². The van der Waals surface area contributed by atoms with Gasteiger partial charge in [-0.1, -0.05) is 50.6 Å². The summed E-state index contributed by atoms with van der Waals surface area (Å²) >= 11 is 0. The highest BCUT2D eigenvalue weighted by molar-refractivity contribution is 5.95. The molecule has 0 aromatic carbocycles. The third-order valence-corrected chi connectivity index (χ3v) is 6.69. The predicted octanol–water partition coefficient (Wildman–Crippen LogP) is 2.33. The average molecular weight is 530 g/mol. The van der Waals surface area contributed by atoms with Gasteiger partial charge in [-0.3, -0.25) is 9.59 Å². The van der Waals surface area contributed by atoms with Crippen LogP contribution in [0.4, 0.5) is 0 Å². The van der Waals surface area contributed by atoms with Gasteiger partial charge in [-0.05, 0) is 31.8 Å². The molecule has 0 spiro atoms. The van der Waals surface area contributed by atoms with Crippen molar-refractivity contribution < 1.29 is 33.8 Å². The van der Waals surface area contributed by atoms with E-state index in [4.69, 9.17) is 9.15 Å². The Morgan fingerprint density at radius 3 is 2.68 bits per heavy atom. The van der Waals surface area contributed by atoms with E-state index in [0.717, 1.165) is 5.57 Å². The van der Waals surface area contributed by atoms with Crippen LogP contribution in [0.1, 0.15) is 63.3 Å². The second-order valence-corrected chi connectivity index (χ2v) is 10.4. The number of hydrogen-bond donors (Lipinski definition) is 3. The molecular weight excluding hydrogens is 490 g/mol. The predicted molar refractivity (Wildman–Crippen MR) is 140 cm³/mol. The van der Waals surface area contributed by atoms with Crippen molar-refractivity contribution in [2.24, 2.45) is 11.8 Å². The normalized spacial score (nSPS) is 29.4. The maximum absolute atomic E-state index is 13.2. The average Bonchev–Trinajstić information content (AvgIpc) is 3.52. The van der Waals surface area contributed by atoms with E-state index >= 15 is 0 Å². The monoisotopic (exact) mass is 529 g/mol. The molecule has 0 saturated carbocycles. The van der Waals surface area contributed by atoms with Crippen molar-refractivity contribution in [2.75, 3.05) is 13.1 Å². The van der Waals surface area contributed by atoms with Gasteiger partial charge in [-0.25, -0.2) is 9.78 Å². The van der Waals surface area contributed by atoms with E-state index in [1.54, 1.807) is 24.3 Å². The Kier molecular flexibility index (Phi) is 10.4. The number of amides is 2. The minimum atomic E-state index is -0.947. The van der Waals surface area contributed by atoms with Crippen molar-refractivity contribution in [3.05, 3.63) is 53.8 Å². The van der Waals surface area contributed by atoms with Crippen LogP contribution in [0.3, 0.4) is 0 Å². The van der Waals surface area contributed by atoms with Crippen molar-refractivity contribution in [3.63, 3.8) is 0 Å². The van der Waals surface area contributed by atoms with Gasteiger partial charge in [0.25, 0.3) is 5.91 Å². The van der Waals surface area contributed by atoms with Gasteiger partial charge in [0.2, 0.25) is 5.91 Å². The molecule has 2 bridgehead atoms. The Labute approximate surface area is 223 Å².